The number of hydrogen-bond acceptors (Lipinski definition) is 6. The van der Waals surface area contributed by atoms with Gasteiger partial charge >= 0.3 is 0 Å². The quantitative estimate of drug-likeness (QED) is 0.468. The monoisotopic (exact) mass is 430 g/mol. The highest BCUT2D eigenvalue weighted by atomic mass is 32.1. The van der Waals surface area contributed by atoms with Crippen LogP contribution in [0.4, 0.5) is 0 Å². The first kappa shape index (κ1) is 19.7. The van der Waals surface area contributed by atoms with Gasteiger partial charge in [0.15, 0.2) is 0 Å². The van der Waals surface area contributed by atoms with E-state index in [2.05, 4.69) is 27.0 Å². The van der Waals surface area contributed by atoms with E-state index in [0.29, 0.717) is 10.8 Å². The van der Waals surface area contributed by atoms with Gasteiger partial charge in [-0.05, 0) is 42.0 Å². The van der Waals surface area contributed by atoms with Crippen molar-refractivity contribution in [3.8, 4) is 10.9 Å². The number of nitrogens with zero attached hydrogens (tertiary/aromatic N) is 4. The van der Waals surface area contributed by atoms with Gasteiger partial charge in [-0.1, -0.05) is 35.6 Å². The summed E-state index contributed by atoms with van der Waals surface area (Å²) in [6.07, 6.45) is 3.32. The Morgan fingerprint density at radius 3 is 2.52 bits per heavy atom. The zero-order valence-corrected chi connectivity index (χ0v) is 17.8. The first-order chi connectivity index (χ1) is 15.2. The molecule has 0 spiro atoms. The van der Waals surface area contributed by atoms with Crippen LogP contribution in [0, 0.1) is 0 Å². The number of rotatable bonds is 5. The van der Waals surface area contributed by atoms with Crippen LogP contribution in [0.1, 0.15) is 15.9 Å². The maximum Gasteiger partial charge on any atom is 0.279 e. The van der Waals surface area contributed by atoms with E-state index in [4.69, 9.17) is 4.74 Å². The van der Waals surface area contributed by atoms with Crippen molar-refractivity contribution < 1.29 is 9.53 Å². The highest BCUT2D eigenvalue weighted by Gasteiger charge is 2.22. The maximum atomic E-state index is 12.6. The van der Waals surface area contributed by atoms with Gasteiger partial charge in [0.2, 0.25) is 0 Å². The minimum absolute atomic E-state index is 0.0594. The zero-order chi connectivity index (χ0) is 21.0. The van der Waals surface area contributed by atoms with E-state index < -0.39 is 0 Å². The Bertz CT molecular complexity index is 1140. The van der Waals surface area contributed by atoms with Crippen LogP contribution in [0.5, 0.6) is 10.9 Å². The molecule has 156 valence electrons. The molecule has 5 rings (SSSR count). The molecule has 1 fully saturated rings. The lowest BCUT2D eigenvalue weighted by Gasteiger charge is -2.34. The number of pyridine rings is 1. The topological polar surface area (TPSA) is 58.6 Å². The molecule has 4 aromatic rings. The number of amides is 1. The number of aromatic nitrogens is 2. The lowest BCUT2D eigenvalue weighted by Crippen LogP contribution is -2.48. The Morgan fingerprint density at radius 2 is 1.77 bits per heavy atom. The first-order valence-electron chi connectivity index (χ1n) is 10.3. The Labute approximate surface area is 184 Å². The highest BCUT2D eigenvalue weighted by molar-refractivity contribution is 7.20. The van der Waals surface area contributed by atoms with Crippen molar-refractivity contribution in [2.24, 2.45) is 0 Å². The standard InChI is InChI=1S/C24H22N4O2S/c29-23(19-4-3-11-25-16-19)28-14-12-27(13-15-28)17-18-7-9-20(10-8-18)30-24-26-21-5-1-2-6-22(21)31-24/h1-11,16H,12-15,17H2. The molecule has 2 aromatic carbocycles. The summed E-state index contributed by atoms with van der Waals surface area (Å²) in [6.45, 7) is 4.03. The largest absolute Gasteiger partial charge is 0.431 e. The summed E-state index contributed by atoms with van der Waals surface area (Å²) >= 11 is 1.55. The minimum Gasteiger partial charge on any atom is -0.431 e. The summed E-state index contributed by atoms with van der Waals surface area (Å²) in [5.74, 6) is 0.846. The number of fused-ring (bicyclic) bond motifs is 1. The van der Waals surface area contributed by atoms with Crippen LogP contribution in [0.3, 0.4) is 0 Å². The molecule has 0 unspecified atom stereocenters. The van der Waals surface area contributed by atoms with Crippen molar-refractivity contribution in [3.05, 3.63) is 84.2 Å². The highest BCUT2D eigenvalue weighted by Crippen LogP contribution is 2.31. The van der Waals surface area contributed by atoms with E-state index in [-0.39, 0.29) is 5.91 Å². The Balaban J connectivity index is 1.15. The fourth-order valence-corrected chi connectivity index (χ4v) is 4.53. The van der Waals surface area contributed by atoms with Crippen LogP contribution in [-0.4, -0.2) is 51.9 Å². The van der Waals surface area contributed by atoms with Gasteiger partial charge in [0.1, 0.15) is 5.75 Å². The predicted molar refractivity (Wildman–Crippen MR) is 122 cm³/mol. The lowest BCUT2D eigenvalue weighted by molar-refractivity contribution is 0.0628. The molecule has 0 radical (unpaired) electrons. The molecule has 1 amide bonds. The average Bonchev–Trinajstić information content (AvgIpc) is 3.23. The molecular weight excluding hydrogens is 408 g/mol. The molecule has 1 saturated heterocycles. The van der Waals surface area contributed by atoms with Crippen molar-refractivity contribution in [2.75, 3.05) is 26.2 Å². The number of para-hydroxylation sites is 1. The molecule has 1 aliphatic heterocycles. The predicted octanol–water partition coefficient (Wildman–Crippen LogP) is 4.44. The number of carbonyl (C=O) groups excluding carboxylic acids is 1. The number of benzene rings is 2. The minimum atomic E-state index is 0.0594. The number of ether oxygens (including phenoxy) is 1. The maximum absolute atomic E-state index is 12.6. The van der Waals surface area contributed by atoms with Crippen LogP contribution < -0.4 is 4.74 Å². The van der Waals surface area contributed by atoms with Crippen molar-refractivity contribution >= 4 is 27.5 Å². The van der Waals surface area contributed by atoms with Crippen molar-refractivity contribution in [1.82, 2.24) is 19.8 Å². The number of thiazole rings is 1. The number of carbonyl (C=O) groups is 1. The van der Waals surface area contributed by atoms with Crippen LogP contribution in [0.2, 0.25) is 0 Å². The summed E-state index contributed by atoms with van der Waals surface area (Å²) in [5, 5.41) is 0.656. The van der Waals surface area contributed by atoms with Gasteiger partial charge in [-0.15, -0.1) is 0 Å². The Morgan fingerprint density at radius 1 is 0.968 bits per heavy atom. The molecular formula is C24H22N4O2S. The number of hydrogen-bond donors (Lipinski definition) is 0. The molecule has 0 saturated carbocycles. The van der Waals surface area contributed by atoms with Crippen molar-refractivity contribution in [3.63, 3.8) is 0 Å². The third kappa shape index (κ3) is 4.57. The lowest BCUT2D eigenvalue weighted by atomic mass is 10.1. The molecule has 6 nitrogen and oxygen atoms in total. The van der Waals surface area contributed by atoms with Gasteiger partial charge in [-0.2, -0.15) is 0 Å². The van der Waals surface area contributed by atoms with Crippen LogP contribution in [-0.2, 0) is 6.54 Å². The molecule has 0 aliphatic carbocycles. The summed E-state index contributed by atoms with van der Waals surface area (Å²) in [6, 6.07) is 19.8. The van der Waals surface area contributed by atoms with Gasteiger partial charge in [-0.3, -0.25) is 14.7 Å². The average molecular weight is 431 g/mol. The molecule has 0 N–H and O–H groups in total. The van der Waals surface area contributed by atoms with E-state index in [1.54, 1.807) is 29.8 Å². The fraction of sp³-hybridized carbons (Fsp3) is 0.208. The van der Waals surface area contributed by atoms with Crippen LogP contribution in [0.25, 0.3) is 10.2 Å². The van der Waals surface area contributed by atoms with Gasteiger partial charge in [-0.25, -0.2) is 4.98 Å². The van der Waals surface area contributed by atoms with E-state index in [1.165, 1.54) is 5.56 Å². The first-order valence-corrected chi connectivity index (χ1v) is 11.1. The normalized spacial score (nSPS) is 14.6. The van der Waals surface area contributed by atoms with E-state index in [0.717, 1.165) is 48.7 Å². The fourth-order valence-electron chi connectivity index (χ4n) is 3.70. The molecule has 3 heterocycles. The smallest absolute Gasteiger partial charge is 0.279 e. The number of piperazine rings is 1. The zero-order valence-electron chi connectivity index (χ0n) is 17.0. The van der Waals surface area contributed by atoms with Crippen LogP contribution >= 0.6 is 11.3 Å². The second-order valence-electron chi connectivity index (χ2n) is 7.50. The molecule has 2 aromatic heterocycles. The second-order valence-corrected chi connectivity index (χ2v) is 8.50. The van der Waals surface area contributed by atoms with E-state index in [1.807, 2.05) is 47.4 Å². The van der Waals surface area contributed by atoms with E-state index >= 15 is 0 Å². The third-order valence-corrected chi connectivity index (χ3v) is 6.29. The summed E-state index contributed by atoms with van der Waals surface area (Å²) in [7, 11) is 0. The molecule has 31 heavy (non-hydrogen) atoms. The van der Waals surface area contributed by atoms with Gasteiger partial charge in [0.25, 0.3) is 11.1 Å². The summed E-state index contributed by atoms with van der Waals surface area (Å²) in [4.78, 5) is 25.4. The van der Waals surface area contributed by atoms with E-state index in [9.17, 15) is 4.79 Å². The molecule has 0 bridgehead atoms. The second kappa shape index (κ2) is 8.83. The van der Waals surface area contributed by atoms with Gasteiger partial charge in [0.05, 0.1) is 15.8 Å². The van der Waals surface area contributed by atoms with Gasteiger partial charge in [0, 0.05) is 45.1 Å². The molecule has 0 atom stereocenters. The Kier molecular flexibility index (Phi) is 5.60. The summed E-state index contributed by atoms with van der Waals surface area (Å²) in [5.41, 5.74) is 2.84. The molecule has 1 aliphatic rings. The Hall–Kier alpha value is -3.29. The summed E-state index contributed by atoms with van der Waals surface area (Å²) < 4.78 is 7.06. The SMILES string of the molecule is O=C(c1cccnc1)N1CCN(Cc2ccc(Oc3nc4ccccc4s3)cc2)CC1. The van der Waals surface area contributed by atoms with Crippen molar-refractivity contribution in [1.29, 1.82) is 0 Å². The molecule has 7 heteroatoms. The van der Waals surface area contributed by atoms with Gasteiger partial charge < -0.3 is 9.64 Å². The van der Waals surface area contributed by atoms with Crippen LogP contribution in [0.15, 0.2) is 73.1 Å². The van der Waals surface area contributed by atoms with Crippen molar-refractivity contribution in [2.45, 2.75) is 6.54 Å². The third-order valence-electron chi connectivity index (χ3n) is 5.38.